The SMILES string of the molecule is CO[C@@H]1CNC[C@H]1C(=O)OC(C)(C)C. The van der Waals surface area contributed by atoms with E-state index in [2.05, 4.69) is 5.32 Å². The van der Waals surface area contributed by atoms with Crippen molar-refractivity contribution in [3.63, 3.8) is 0 Å². The van der Waals surface area contributed by atoms with E-state index >= 15 is 0 Å². The van der Waals surface area contributed by atoms with Crippen molar-refractivity contribution in [2.45, 2.75) is 32.5 Å². The molecule has 1 aliphatic rings. The molecule has 2 atom stereocenters. The Bertz CT molecular complexity index is 210. The molecule has 0 aromatic carbocycles. The summed E-state index contributed by atoms with van der Waals surface area (Å²) >= 11 is 0. The van der Waals surface area contributed by atoms with Crippen molar-refractivity contribution in [3.8, 4) is 0 Å². The third-order valence-corrected chi connectivity index (χ3v) is 2.17. The van der Waals surface area contributed by atoms with Gasteiger partial charge < -0.3 is 14.8 Å². The quantitative estimate of drug-likeness (QED) is 0.663. The number of carbonyl (C=O) groups is 1. The number of ether oxygens (including phenoxy) is 2. The van der Waals surface area contributed by atoms with Gasteiger partial charge in [0.25, 0.3) is 0 Å². The monoisotopic (exact) mass is 201 g/mol. The van der Waals surface area contributed by atoms with E-state index in [9.17, 15) is 4.79 Å². The van der Waals surface area contributed by atoms with E-state index in [1.807, 2.05) is 20.8 Å². The number of hydrogen-bond donors (Lipinski definition) is 1. The smallest absolute Gasteiger partial charge is 0.313 e. The molecule has 82 valence electrons. The highest BCUT2D eigenvalue weighted by molar-refractivity contribution is 5.74. The summed E-state index contributed by atoms with van der Waals surface area (Å²) in [5, 5.41) is 3.11. The molecule has 0 amide bonds. The minimum Gasteiger partial charge on any atom is -0.460 e. The Morgan fingerprint density at radius 1 is 1.36 bits per heavy atom. The van der Waals surface area contributed by atoms with Gasteiger partial charge in [0.1, 0.15) is 5.60 Å². The molecule has 14 heavy (non-hydrogen) atoms. The Labute approximate surface area is 85.0 Å². The molecule has 4 nitrogen and oxygen atoms in total. The van der Waals surface area contributed by atoms with Crippen LogP contribution in [0.1, 0.15) is 20.8 Å². The van der Waals surface area contributed by atoms with E-state index in [-0.39, 0.29) is 18.0 Å². The van der Waals surface area contributed by atoms with Crippen molar-refractivity contribution in [3.05, 3.63) is 0 Å². The van der Waals surface area contributed by atoms with Gasteiger partial charge in [-0.15, -0.1) is 0 Å². The second kappa shape index (κ2) is 4.28. The van der Waals surface area contributed by atoms with Gasteiger partial charge in [0, 0.05) is 20.2 Å². The molecule has 1 rings (SSSR count). The molecule has 0 aromatic heterocycles. The van der Waals surface area contributed by atoms with Crippen molar-refractivity contribution in [1.82, 2.24) is 5.32 Å². The Balaban J connectivity index is 2.52. The molecule has 0 aliphatic carbocycles. The number of esters is 1. The van der Waals surface area contributed by atoms with Crippen LogP contribution in [-0.4, -0.2) is 37.9 Å². The average Bonchev–Trinajstić information content (AvgIpc) is 2.47. The van der Waals surface area contributed by atoms with E-state index in [4.69, 9.17) is 9.47 Å². The summed E-state index contributed by atoms with van der Waals surface area (Å²) in [6.45, 7) is 6.98. The van der Waals surface area contributed by atoms with Crippen LogP contribution < -0.4 is 5.32 Å². The minimum absolute atomic E-state index is 0.0511. The van der Waals surface area contributed by atoms with Gasteiger partial charge in [-0.25, -0.2) is 0 Å². The topological polar surface area (TPSA) is 47.6 Å². The summed E-state index contributed by atoms with van der Waals surface area (Å²) < 4.78 is 10.5. The van der Waals surface area contributed by atoms with Crippen LogP contribution in [0.2, 0.25) is 0 Å². The molecular weight excluding hydrogens is 182 g/mol. The maximum Gasteiger partial charge on any atom is 0.313 e. The van der Waals surface area contributed by atoms with Gasteiger partial charge >= 0.3 is 5.97 Å². The number of carbonyl (C=O) groups excluding carboxylic acids is 1. The molecule has 1 saturated heterocycles. The second-order valence-electron chi connectivity index (χ2n) is 4.57. The summed E-state index contributed by atoms with van der Waals surface area (Å²) in [7, 11) is 1.62. The van der Waals surface area contributed by atoms with Crippen LogP contribution in [0.3, 0.4) is 0 Å². The predicted octanol–water partition coefficient (Wildman–Crippen LogP) is 0.562. The first kappa shape index (κ1) is 11.5. The van der Waals surface area contributed by atoms with Gasteiger partial charge in [-0.3, -0.25) is 4.79 Å². The predicted molar refractivity (Wildman–Crippen MR) is 53.0 cm³/mol. The van der Waals surface area contributed by atoms with Crippen molar-refractivity contribution < 1.29 is 14.3 Å². The van der Waals surface area contributed by atoms with Crippen LogP contribution in [0.25, 0.3) is 0 Å². The summed E-state index contributed by atoms with van der Waals surface area (Å²) in [5.74, 6) is -0.339. The fourth-order valence-electron chi connectivity index (χ4n) is 1.51. The number of rotatable bonds is 2. The van der Waals surface area contributed by atoms with Crippen LogP contribution in [0.5, 0.6) is 0 Å². The molecule has 4 heteroatoms. The van der Waals surface area contributed by atoms with E-state index in [0.717, 1.165) is 6.54 Å². The molecule has 0 bridgehead atoms. The molecule has 0 radical (unpaired) electrons. The third kappa shape index (κ3) is 2.96. The minimum atomic E-state index is -0.419. The molecule has 0 unspecified atom stereocenters. The first-order valence-electron chi connectivity index (χ1n) is 4.90. The largest absolute Gasteiger partial charge is 0.460 e. The highest BCUT2D eigenvalue weighted by Crippen LogP contribution is 2.17. The summed E-state index contributed by atoms with van der Waals surface area (Å²) in [4.78, 5) is 11.7. The van der Waals surface area contributed by atoms with E-state index in [1.54, 1.807) is 7.11 Å². The normalized spacial score (nSPS) is 27.7. The molecule has 1 aliphatic heterocycles. The van der Waals surface area contributed by atoms with Crippen LogP contribution in [-0.2, 0) is 14.3 Å². The lowest BCUT2D eigenvalue weighted by molar-refractivity contribution is -0.162. The average molecular weight is 201 g/mol. The molecule has 0 aromatic rings. The Morgan fingerprint density at radius 3 is 2.50 bits per heavy atom. The van der Waals surface area contributed by atoms with Crippen LogP contribution in [0.15, 0.2) is 0 Å². The van der Waals surface area contributed by atoms with Gasteiger partial charge in [0.2, 0.25) is 0 Å². The molecule has 0 saturated carbocycles. The number of nitrogens with one attached hydrogen (secondary N) is 1. The Hall–Kier alpha value is -0.610. The number of methoxy groups -OCH3 is 1. The van der Waals surface area contributed by atoms with Gasteiger partial charge in [-0.1, -0.05) is 0 Å². The van der Waals surface area contributed by atoms with Crippen molar-refractivity contribution in [2.24, 2.45) is 5.92 Å². The Morgan fingerprint density at radius 2 is 2.00 bits per heavy atom. The maximum atomic E-state index is 11.7. The molecule has 1 N–H and O–H groups in total. The highest BCUT2D eigenvalue weighted by atomic mass is 16.6. The highest BCUT2D eigenvalue weighted by Gasteiger charge is 2.35. The van der Waals surface area contributed by atoms with Crippen LogP contribution >= 0.6 is 0 Å². The summed E-state index contributed by atoms with van der Waals surface area (Å²) in [6, 6.07) is 0. The van der Waals surface area contributed by atoms with E-state index in [1.165, 1.54) is 0 Å². The van der Waals surface area contributed by atoms with Crippen LogP contribution in [0, 0.1) is 5.92 Å². The van der Waals surface area contributed by atoms with Gasteiger partial charge in [0.05, 0.1) is 12.0 Å². The molecular formula is C10H19NO3. The first-order chi connectivity index (χ1) is 6.44. The van der Waals surface area contributed by atoms with Crippen molar-refractivity contribution in [1.29, 1.82) is 0 Å². The number of hydrogen-bond acceptors (Lipinski definition) is 4. The van der Waals surface area contributed by atoms with Gasteiger partial charge in [-0.2, -0.15) is 0 Å². The first-order valence-corrected chi connectivity index (χ1v) is 4.90. The maximum absolute atomic E-state index is 11.7. The van der Waals surface area contributed by atoms with E-state index < -0.39 is 5.60 Å². The lowest BCUT2D eigenvalue weighted by Crippen LogP contribution is -2.35. The zero-order chi connectivity index (χ0) is 10.8. The second-order valence-corrected chi connectivity index (χ2v) is 4.57. The molecule has 0 spiro atoms. The lowest BCUT2D eigenvalue weighted by Gasteiger charge is -2.23. The Kier molecular flexibility index (Phi) is 3.50. The van der Waals surface area contributed by atoms with E-state index in [0.29, 0.717) is 6.54 Å². The van der Waals surface area contributed by atoms with Crippen molar-refractivity contribution in [2.75, 3.05) is 20.2 Å². The summed E-state index contributed by atoms with van der Waals surface area (Å²) in [6.07, 6.45) is -0.0511. The van der Waals surface area contributed by atoms with Gasteiger partial charge in [-0.05, 0) is 20.8 Å². The zero-order valence-electron chi connectivity index (χ0n) is 9.29. The standard InChI is InChI=1S/C10H19NO3/c1-10(2,3)14-9(12)7-5-11-6-8(7)13-4/h7-8,11H,5-6H2,1-4H3/t7-,8-/m1/s1. The van der Waals surface area contributed by atoms with Crippen molar-refractivity contribution >= 4 is 5.97 Å². The fourth-order valence-corrected chi connectivity index (χ4v) is 1.51. The fraction of sp³-hybridized carbons (Fsp3) is 0.900. The summed E-state index contributed by atoms with van der Waals surface area (Å²) in [5.41, 5.74) is -0.419. The van der Waals surface area contributed by atoms with Gasteiger partial charge in [0.15, 0.2) is 0 Å². The van der Waals surface area contributed by atoms with Crippen LogP contribution in [0.4, 0.5) is 0 Å². The zero-order valence-corrected chi connectivity index (χ0v) is 9.29. The third-order valence-electron chi connectivity index (χ3n) is 2.17. The molecule has 1 heterocycles. The molecule has 1 fully saturated rings. The lowest BCUT2D eigenvalue weighted by atomic mass is 10.1.